The average molecular weight is 260 g/mol. The van der Waals surface area contributed by atoms with Gasteiger partial charge in [-0.05, 0) is 39.0 Å². The molecular weight excluding hydrogens is 242 g/mol. The Morgan fingerprint density at radius 3 is 2.69 bits per heavy atom. The molecule has 0 saturated carbocycles. The van der Waals surface area contributed by atoms with E-state index >= 15 is 0 Å². The lowest BCUT2D eigenvalue weighted by Gasteiger charge is -2.19. The summed E-state index contributed by atoms with van der Waals surface area (Å²) in [4.78, 5) is 1.02. The predicted molar refractivity (Wildman–Crippen MR) is 72.3 cm³/mol. The van der Waals surface area contributed by atoms with E-state index in [0.717, 1.165) is 16.3 Å². The number of nitrogens with two attached hydrogens (primary N) is 1. The van der Waals surface area contributed by atoms with Crippen molar-refractivity contribution in [3.05, 3.63) is 23.2 Å². The van der Waals surface area contributed by atoms with Gasteiger partial charge in [0.25, 0.3) is 0 Å². The molecule has 0 radical (unpaired) electrons. The fraction of sp³-hybridized carbons (Fsp3) is 0.500. The molecule has 0 aliphatic heterocycles. The Balaban J connectivity index is 2.40. The summed E-state index contributed by atoms with van der Waals surface area (Å²) in [6.07, 6.45) is 0. The van der Waals surface area contributed by atoms with Crippen molar-refractivity contribution in [1.82, 2.24) is 0 Å². The third kappa shape index (κ3) is 5.10. The number of thioether (sulfide) groups is 1. The van der Waals surface area contributed by atoms with Gasteiger partial charge in [0, 0.05) is 21.4 Å². The third-order valence-corrected chi connectivity index (χ3v) is 3.12. The second kappa shape index (κ2) is 5.80. The van der Waals surface area contributed by atoms with Crippen LogP contribution in [0.1, 0.15) is 20.8 Å². The van der Waals surface area contributed by atoms with Crippen LogP contribution in [0.4, 0.5) is 5.69 Å². The first kappa shape index (κ1) is 13.7. The van der Waals surface area contributed by atoms with Crippen LogP contribution in [-0.2, 0) is 4.74 Å². The maximum Gasteiger partial charge on any atom is 0.0598 e. The Labute approximate surface area is 107 Å². The fourth-order valence-electron chi connectivity index (χ4n) is 1.13. The molecule has 90 valence electrons. The van der Waals surface area contributed by atoms with Gasteiger partial charge in [0.15, 0.2) is 0 Å². The minimum absolute atomic E-state index is 0.0829. The van der Waals surface area contributed by atoms with Crippen LogP contribution in [-0.4, -0.2) is 18.0 Å². The van der Waals surface area contributed by atoms with Crippen molar-refractivity contribution < 1.29 is 4.74 Å². The van der Waals surface area contributed by atoms with Crippen molar-refractivity contribution in [2.45, 2.75) is 31.3 Å². The van der Waals surface area contributed by atoms with Crippen molar-refractivity contribution in [3.8, 4) is 0 Å². The van der Waals surface area contributed by atoms with Gasteiger partial charge in [-0.25, -0.2) is 0 Å². The van der Waals surface area contributed by atoms with E-state index in [1.54, 1.807) is 17.8 Å². The molecule has 16 heavy (non-hydrogen) atoms. The molecule has 0 aliphatic carbocycles. The Hall–Kier alpha value is -0.380. The molecule has 1 aromatic rings. The highest BCUT2D eigenvalue weighted by Crippen LogP contribution is 2.28. The van der Waals surface area contributed by atoms with Gasteiger partial charge in [-0.2, -0.15) is 0 Å². The van der Waals surface area contributed by atoms with E-state index < -0.39 is 0 Å². The average Bonchev–Trinajstić information content (AvgIpc) is 2.16. The minimum Gasteiger partial charge on any atom is -0.398 e. The van der Waals surface area contributed by atoms with E-state index in [2.05, 4.69) is 0 Å². The lowest BCUT2D eigenvalue weighted by molar-refractivity contribution is 0.00695. The lowest BCUT2D eigenvalue weighted by atomic mass is 10.2. The van der Waals surface area contributed by atoms with Crippen LogP contribution in [0.15, 0.2) is 23.1 Å². The van der Waals surface area contributed by atoms with E-state index in [4.69, 9.17) is 22.1 Å². The van der Waals surface area contributed by atoms with Crippen LogP contribution in [0.3, 0.4) is 0 Å². The quantitative estimate of drug-likeness (QED) is 0.507. The first-order chi connectivity index (χ1) is 7.38. The molecule has 0 unspecified atom stereocenters. The molecule has 0 spiro atoms. The number of hydrogen-bond acceptors (Lipinski definition) is 3. The molecule has 0 saturated heterocycles. The monoisotopic (exact) mass is 259 g/mol. The van der Waals surface area contributed by atoms with E-state index in [-0.39, 0.29) is 5.60 Å². The largest absolute Gasteiger partial charge is 0.398 e. The maximum atomic E-state index is 5.90. The first-order valence-corrected chi connectivity index (χ1v) is 6.56. The standard InChI is InChI=1S/C12H18ClNOS/c1-12(2,3)15-6-7-16-11-8-9(13)4-5-10(11)14/h4-5,8H,6-7,14H2,1-3H3. The van der Waals surface area contributed by atoms with E-state index in [9.17, 15) is 0 Å². The summed E-state index contributed by atoms with van der Waals surface area (Å²) in [5, 5.41) is 0.716. The molecule has 2 N–H and O–H groups in total. The second-order valence-corrected chi connectivity index (χ2v) is 6.06. The summed E-state index contributed by atoms with van der Waals surface area (Å²) in [5.74, 6) is 0.877. The third-order valence-electron chi connectivity index (χ3n) is 1.85. The van der Waals surface area contributed by atoms with Gasteiger partial charge in [0.2, 0.25) is 0 Å². The summed E-state index contributed by atoms with van der Waals surface area (Å²) in [6.45, 7) is 6.85. The number of rotatable bonds is 4. The lowest BCUT2D eigenvalue weighted by Crippen LogP contribution is -2.20. The summed E-state index contributed by atoms with van der Waals surface area (Å²) in [7, 11) is 0. The summed E-state index contributed by atoms with van der Waals surface area (Å²) in [5.41, 5.74) is 6.52. The molecule has 0 bridgehead atoms. The molecule has 0 amide bonds. The number of nitrogen functional groups attached to an aromatic ring is 1. The van der Waals surface area contributed by atoms with Crippen molar-refractivity contribution in [3.63, 3.8) is 0 Å². The van der Waals surface area contributed by atoms with Crippen molar-refractivity contribution in [2.75, 3.05) is 18.1 Å². The number of ether oxygens (including phenoxy) is 1. The highest BCUT2D eigenvalue weighted by molar-refractivity contribution is 7.99. The summed E-state index contributed by atoms with van der Waals surface area (Å²) >= 11 is 7.57. The maximum absolute atomic E-state index is 5.90. The number of anilines is 1. The Morgan fingerprint density at radius 1 is 1.38 bits per heavy atom. The molecule has 0 fully saturated rings. The molecule has 0 aromatic heterocycles. The Morgan fingerprint density at radius 2 is 2.06 bits per heavy atom. The fourth-order valence-corrected chi connectivity index (χ4v) is 2.20. The highest BCUT2D eigenvalue weighted by atomic mass is 35.5. The minimum atomic E-state index is -0.0829. The molecule has 4 heteroatoms. The number of halogens is 1. The topological polar surface area (TPSA) is 35.2 Å². The molecule has 0 atom stereocenters. The van der Waals surface area contributed by atoms with E-state index in [0.29, 0.717) is 11.6 Å². The predicted octanol–water partition coefficient (Wildman–Crippen LogP) is 3.83. The van der Waals surface area contributed by atoms with Crippen molar-refractivity contribution in [2.24, 2.45) is 0 Å². The van der Waals surface area contributed by atoms with Crippen molar-refractivity contribution >= 4 is 29.1 Å². The molecule has 0 heterocycles. The van der Waals surface area contributed by atoms with Gasteiger partial charge in [0.05, 0.1) is 12.2 Å². The van der Waals surface area contributed by atoms with E-state index in [1.165, 1.54) is 0 Å². The smallest absolute Gasteiger partial charge is 0.0598 e. The van der Waals surface area contributed by atoms with Crippen LogP contribution in [0.5, 0.6) is 0 Å². The molecular formula is C12H18ClNOS. The number of hydrogen-bond donors (Lipinski definition) is 1. The zero-order valence-corrected chi connectivity index (χ0v) is 11.5. The van der Waals surface area contributed by atoms with Gasteiger partial charge < -0.3 is 10.5 Å². The SMILES string of the molecule is CC(C)(C)OCCSc1cc(Cl)ccc1N. The first-order valence-electron chi connectivity index (χ1n) is 5.20. The van der Waals surface area contributed by atoms with Crippen LogP contribution in [0, 0.1) is 0 Å². The van der Waals surface area contributed by atoms with Crippen molar-refractivity contribution in [1.29, 1.82) is 0 Å². The van der Waals surface area contributed by atoms with Gasteiger partial charge in [-0.3, -0.25) is 0 Å². The van der Waals surface area contributed by atoms with Crippen LogP contribution >= 0.6 is 23.4 Å². The second-order valence-electron chi connectivity index (χ2n) is 4.49. The molecule has 2 nitrogen and oxygen atoms in total. The van der Waals surface area contributed by atoms with Crippen LogP contribution in [0.25, 0.3) is 0 Å². The van der Waals surface area contributed by atoms with Gasteiger partial charge >= 0.3 is 0 Å². The number of benzene rings is 1. The molecule has 0 aliphatic rings. The summed E-state index contributed by atoms with van der Waals surface area (Å²) < 4.78 is 5.63. The summed E-state index contributed by atoms with van der Waals surface area (Å²) in [6, 6.07) is 5.51. The van der Waals surface area contributed by atoms with Crippen LogP contribution < -0.4 is 5.73 Å². The zero-order valence-electron chi connectivity index (χ0n) is 9.92. The van der Waals surface area contributed by atoms with Gasteiger partial charge in [-0.15, -0.1) is 11.8 Å². The normalized spacial score (nSPS) is 11.8. The van der Waals surface area contributed by atoms with E-state index in [1.807, 2.05) is 32.9 Å². The van der Waals surface area contributed by atoms with Crippen LogP contribution in [0.2, 0.25) is 5.02 Å². The zero-order chi connectivity index (χ0) is 12.2. The molecule has 1 rings (SSSR count). The highest BCUT2D eigenvalue weighted by Gasteiger charge is 2.09. The van der Waals surface area contributed by atoms with Gasteiger partial charge in [0.1, 0.15) is 0 Å². The Kier molecular flexibility index (Phi) is 4.96. The van der Waals surface area contributed by atoms with Gasteiger partial charge in [-0.1, -0.05) is 11.6 Å². The molecule has 1 aromatic carbocycles. The Bertz CT molecular complexity index is 349.